The van der Waals surface area contributed by atoms with Crippen LogP contribution in [-0.4, -0.2) is 16.6 Å². The van der Waals surface area contributed by atoms with E-state index in [0.717, 1.165) is 9.86 Å². The maximum Gasteiger partial charge on any atom is 0.244 e. The molecule has 1 N–H and O–H groups in total. The molecule has 0 aliphatic carbocycles. The van der Waals surface area contributed by atoms with Crippen LogP contribution in [0.4, 0.5) is 0 Å². The monoisotopic (exact) mass is 359 g/mol. The van der Waals surface area contributed by atoms with E-state index >= 15 is 0 Å². The van der Waals surface area contributed by atoms with Crippen LogP contribution in [0.3, 0.4) is 0 Å². The van der Waals surface area contributed by atoms with Crippen molar-refractivity contribution in [1.29, 1.82) is 0 Å². The molecule has 0 saturated heterocycles. The number of hydrogen-bond donors (Lipinski definition) is 1. The van der Waals surface area contributed by atoms with Gasteiger partial charge in [-0.1, -0.05) is 15.9 Å². The van der Waals surface area contributed by atoms with E-state index in [2.05, 4.69) is 20.9 Å². The van der Waals surface area contributed by atoms with Crippen LogP contribution in [0.5, 0.6) is 0 Å². The van der Waals surface area contributed by atoms with Gasteiger partial charge in [0.15, 0.2) is 11.5 Å². The number of carbonyl (C=O) groups excluding carboxylic acids is 2. The van der Waals surface area contributed by atoms with Gasteiger partial charge in [0.2, 0.25) is 5.78 Å². The second-order valence-corrected chi connectivity index (χ2v) is 6.22. The number of aromatic amines is 1. The molecule has 5 heteroatoms. The van der Waals surface area contributed by atoms with E-state index in [1.807, 2.05) is 18.2 Å². The van der Waals surface area contributed by atoms with E-state index in [9.17, 15) is 9.59 Å². The molecule has 112 valence electrons. The average molecular weight is 360 g/mol. The zero-order chi connectivity index (χ0) is 16.0. The Morgan fingerprint density at radius 2 is 1.91 bits per heavy atom. The number of carbonyl (C=O) groups is 2. The van der Waals surface area contributed by atoms with Crippen molar-refractivity contribution in [3.05, 3.63) is 57.0 Å². The first kappa shape index (κ1) is 14.8. The summed E-state index contributed by atoms with van der Waals surface area (Å²) in [6.07, 6.45) is 0. The number of fused-ring (bicyclic) bond motifs is 1. The molecule has 0 fully saturated rings. The highest BCUT2D eigenvalue weighted by molar-refractivity contribution is 9.10. The Balaban J connectivity index is 2.10. The van der Waals surface area contributed by atoms with Crippen molar-refractivity contribution < 1.29 is 14.0 Å². The smallest absolute Gasteiger partial charge is 0.244 e. The third-order valence-corrected chi connectivity index (χ3v) is 4.21. The minimum Gasteiger partial charge on any atom is -0.453 e. The summed E-state index contributed by atoms with van der Waals surface area (Å²) >= 11 is 3.39. The topological polar surface area (TPSA) is 63.1 Å². The molecule has 0 aliphatic rings. The van der Waals surface area contributed by atoms with Crippen LogP contribution in [0.15, 0.2) is 33.2 Å². The van der Waals surface area contributed by atoms with E-state index in [1.54, 1.807) is 19.9 Å². The fourth-order valence-electron chi connectivity index (χ4n) is 2.75. The highest BCUT2D eigenvalue weighted by atomic mass is 79.9. The molecule has 0 spiro atoms. The van der Waals surface area contributed by atoms with Gasteiger partial charge < -0.3 is 9.40 Å². The van der Waals surface area contributed by atoms with E-state index < -0.39 is 0 Å². The van der Waals surface area contributed by atoms with Crippen molar-refractivity contribution in [3.63, 3.8) is 0 Å². The number of halogens is 1. The van der Waals surface area contributed by atoms with Crippen LogP contribution in [0, 0.1) is 13.8 Å². The van der Waals surface area contributed by atoms with Crippen LogP contribution in [0.1, 0.15) is 44.8 Å². The molecule has 3 aromatic rings. The minimum atomic E-state index is -0.250. The van der Waals surface area contributed by atoms with E-state index in [-0.39, 0.29) is 17.3 Å². The molecule has 2 heterocycles. The summed E-state index contributed by atoms with van der Waals surface area (Å²) in [6.45, 7) is 5.05. The van der Waals surface area contributed by atoms with E-state index in [4.69, 9.17) is 4.42 Å². The largest absolute Gasteiger partial charge is 0.453 e. The number of aryl methyl sites for hydroxylation is 1. The Morgan fingerprint density at radius 1 is 1.18 bits per heavy atom. The lowest BCUT2D eigenvalue weighted by Gasteiger charge is -1.97. The fraction of sp³-hybridized carbons (Fsp3) is 0.176. The predicted molar refractivity (Wildman–Crippen MR) is 87.6 cm³/mol. The molecule has 2 aromatic heterocycles. The second-order valence-electron chi connectivity index (χ2n) is 5.30. The fourth-order valence-corrected chi connectivity index (χ4v) is 3.13. The van der Waals surface area contributed by atoms with Crippen LogP contribution in [0.25, 0.3) is 11.0 Å². The molecule has 3 rings (SSSR count). The van der Waals surface area contributed by atoms with Crippen molar-refractivity contribution in [2.24, 2.45) is 0 Å². The van der Waals surface area contributed by atoms with Crippen molar-refractivity contribution in [2.45, 2.75) is 20.8 Å². The molecular formula is C17H14BrNO3. The molecule has 1 aromatic carbocycles. The van der Waals surface area contributed by atoms with Gasteiger partial charge in [0.05, 0.1) is 5.69 Å². The third-order valence-electron chi connectivity index (χ3n) is 3.72. The molecule has 0 saturated carbocycles. The lowest BCUT2D eigenvalue weighted by Crippen LogP contribution is -2.03. The number of aromatic nitrogens is 1. The molecule has 0 atom stereocenters. The lowest BCUT2D eigenvalue weighted by molar-refractivity contribution is 0.100. The molecule has 22 heavy (non-hydrogen) atoms. The number of furan rings is 1. The summed E-state index contributed by atoms with van der Waals surface area (Å²) in [4.78, 5) is 27.3. The molecule has 0 radical (unpaired) electrons. The van der Waals surface area contributed by atoms with Crippen LogP contribution >= 0.6 is 15.9 Å². The number of Topliss-reactive ketones (excluding diaryl/α,β-unsaturated/α-hetero) is 1. The number of nitrogens with one attached hydrogen (secondary N) is 1. The number of hydrogen-bond acceptors (Lipinski definition) is 3. The standard InChI is InChI=1S/C17H14BrNO3/c1-8-15(10(3)20)9(2)19-16(8)17(21)14-7-11-6-12(18)4-5-13(11)22-14/h4-7,19H,1-3H3. The zero-order valence-corrected chi connectivity index (χ0v) is 14.0. The Morgan fingerprint density at radius 3 is 2.55 bits per heavy atom. The summed E-state index contributed by atoms with van der Waals surface area (Å²) in [5.74, 6) is -0.0492. The van der Waals surface area contributed by atoms with Gasteiger partial charge in [0, 0.05) is 21.1 Å². The summed E-state index contributed by atoms with van der Waals surface area (Å²) in [6, 6.07) is 7.27. The minimum absolute atomic E-state index is 0.0566. The van der Waals surface area contributed by atoms with Gasteiger partial charge in [-0.25, -0.2) is 0 Å². The first-order valence-electron chi connectivity index (χ1n) is 6.82. The lowest BCUT2D eigenvalue weighted by atomic mass is 10.0. The van der Waals surface area contributed by atoms with Crippen molar-refractivity contribution in [1.82, 2.24) is 4.98 Å². The van der Waals surface area contributed by atoms with Crippen molar-refractivity contribution in [2.75, 3.05) is 0 Å². The first-order valence-corrected chi connectivity index (χ1v) is 7.61. The number of H-pyrrole nitrogens is 1. The molecule has 0 aliphatic heterocycles. The summed E-state index contributed by atoms with van der Waals surface area (Å²) in [7, 11) is 0. The predicted octanol–water partition coefficient (Wildman–Crippen LogP) is 4.57. The molecule has 0 unspecified atom stereocenters. The average Bonchev–Trinajstić information content (AvgIpc) is 2.98. The van der Waals surface area contributed by atoms with Gasteiger partial charge in [0.25, 0.3) is 0 Å². The molecule has 0 bridgehead atoms. The molecule has 4 nitrogen and oxygen atoms in total. The van der Waals surface area contributed by atoms with Gasteiger partial charge in [-0.05, 0) is 50.6 Å². The highest BCUT2D eigenvalue weighted by Gasteiger charge is 2.23. The van der Waals surface area contributed by atoms with Gasteiger partial charge in [-0.2, -0.15) is 0 Å². The molecule has 0 amide bonds. The first-order chi connectivity index (χ1) is 10.4. The quantitative estimate of drug-likeness (QED) is 0.696. The summed E-state index contributed by atoms with van der Waals surface area (Å²) < 4.78 is 6.55. The second kappa shape index (κ2) is 5.25. The third kappa shape index (κ3) is 2.31. The Bertz CT molecular complexity index is 918. The number of benzene rings is 1. The SMILES string of the molecule is CC(=O)c1c(C)[nH]c(C(=O)c2cc3cc(Br)ccc3o2)c1C. The Hall–Kier alpha value is -2.14. The maximum absolute atomic E-state index is 12.7. The van der Waals surface area contributed by atoms with Gasteiger partial charge in [0.1, 0.15) is 5.58 Å². The number of rotatable bonds is 3. The highest BCUT2D eigenvalue weighted by Crippen LogP contribution is 2.26. The van der Waals surface area contributed by atoms with Crippen molar-refractivity contribution in [3.8, 4) is 0 Å². The van der Waals surface area contributed by atoms with E-state index in [1.165, 1.54) is 6.92 Å². The van der Waals surface area contributed by atoms with Crippen LogP contribution in [0.2, 0.25) is 0 Å². The maximum atomic E-state index is 12.7. The summed E-state index contributed by atoms with van der Waals surface area (Å²) in [5, 5.41) is 0.852. The van der Waals surface area contributed by atoms with Crippen molar-refractivity contribution >= 4 is 38.5 Å². The van der Waals surface area contributed by atoms with E-state index in [0.29, 0.717) is 28.1 Å². The normalized spacial score (nSPS) is 11.1. The Labute approximate surface area is 135 Å². The van der Waals surface area contributed by atoms with Gasteiger partial charge in [-0.15, -0.1) is 0 Å². The van der Waals surface area contributed by atoms with Gasteiger partial charge >= 0.3 is 0 Å². The zero-order valence-electron chi connectivity index (χ0n) is 12.4. The van der Waals surface area contributed by atoms with Crippen LogP contribution in [-0.2, 0) is 0 Å². The van der Waals surface area contributed by atoms with Gasteiger partial charge in [-0.3, -0.25) is 9.59 Å². The van der Waals surface area contributed by atoms with Crippen LogP contribution < -0.4 is 0 Å². The number of ketones is 2. The molecular weight excluding hydrogens is 346 g/mol. The Kier molecular flexibility index (Phi) is 3.53. The summed E-state index contributed by atoms with van der Waals surface area (Å²) in [5.41, 5.74) is 2.99.